The maximum atomic E-state index is 13.5. The number of aryl methyl sites for hydroxylation is 2. The molecule has 30 heavy (non-hydrogen) atoms. The third-order valence-corrected chi connectivity index (χ3v) is 6.99. The standard InChI is InChI=1S/C24H24N2O3S/c1-17-7-13-22(14-8-17)30(27,28)26-24(19-9-11-21(29-3)12-10-19)16-23(25-26)20-6-4-5-18(2)15-20/h4-15,24H,16H2,1-3H3/t24-/m0/s1. The second kappa shape index (κ2) is 7.95. The van der Waals surface area contributed by atoms with E-state index in [4.69, 9.17) is 4.74 Å². The molecular weight excluding hydrogens is 396 g/mol. The molecule has 0 N–H and O–H groups in total. The molecule has 1 aliphatic rings. The average Bonchev–Trinajstić information content (AvgIpc) is 3.21. The van der Waals surface area contributed by atoms with Gasteiger partial charge in [-0.3, -0.25) is 0 Å². The van der Waals surface area contributed by atoms with E-state index in [1.165, 1.54) is 4.41 Å². The molecule has 0 saturated heterocycles. The summed E-state index contributed by atoms with van der Waals surface area (Å²) in [6.45, 7) is 3.95. The Morgan fingerprint density at radius 1 is 0.933 bits per heavy atom. The molecule has 0 bridgehead atoms. The molecule has 1 heterocycles. The maximum absolute atomic E-state index is 13.5. The maximum Gasteiger partial charge on any atom is 0.279 e. The zero-order valence-corrected chi connectivity index (χ0v) is 18.1. The molecule has 0 spiro atoms. The van der Waals surface area contributed by atoms with Crippen molar-refractivity contribution in [3.63, 3.8) is 0 Å². The fourth-order valence-corrected chi connectivity index (χ4v) is 5.04. The van der Waals surface area contributed by atoms with Crippen LogP contribution in [0.3, 0.4) is 0 Å². The fourth-order valence-electron chi connectivity index (χ4n) is 3.60. The zero-order valence-electron chi connectivity index (χ0n) is 17.2. The van der Waals surface area contributed by atoms with Crippen molar-refractivity contribution >= 4 is 15.7 Å². The summed E-state index contributed by atoms with van der Waals surface area (Å²) in [5.74, 6) is 0.726. The lowest BCUT2D eigenvalue weighted by Gasteiger charge is -2.23. The van der Waals surface area contributed by atoms with Crippen LogP contribution in [0.2, 0.25) is 0 Å². The van der Waals surface area contributed by atoms with E-state index in [0.717, 1.165) is 33.7 Å². The molecule has 1 atom stereocenters. The number of hydrazone groups is 1. The highest BCUT2D eigenvalue weighted by molar-refractivity contribution is 7.89. The molecule has 3 aromatic carbocycles. The Hall–Kier alpha value is -3.12. The van der Waals surface area contributed by atoms with Crippen LogP contribution in [0.25, 0.3) is 0 Å². The first kappa shape index (κ1) is 20.2. The highest BCUT2D eigenvalue weighted by Gasteiger charge is 2.37. The Morgan fingerprint density at radius 3 is 2.27 bits per heavy atom. The number of benzene rings is 3. The van der Waals surface area contributed by atoms with Crippen LogP contribution < -0.4 is 4.74 Å². The SMILES string of the molecule is COc1ccc([C@@H]2CC(c3cccc(C)c3)=NN2S(=O)(=O)c2ccc(C)cc2)cc1. The minimum Gasteiger partial charge on any atom is -0.497 e. The smallest absolute Gasteiger partial charge is 0.279 e. The van der Waals surface area contributed by atoms with Crippen LogP contribution in [0.4, 0.5) is 0 Å². The van der Waals surface area contributed by atoms with E-state index in [1.54, 1.807) is 31.4 Å². The highest BCUT2D eigenvalue weighted by Crippen LogP contribution is 2.37. The third-order valence-electron chi connectivity index (χ3n) is 5.29. The van der Waals surface area contributed by atoms with E-state index < -0.39 is 16.1 Å². The van der Waals surface area contributed by atoms with Gasteiger partial charge in [-0.25, -0.2) is 0 Å². The van der Waals surface area contributed by atoms with Crippen molar-refractivity contribution < 1.29 is 13.2 Å². The van der Waals surface area contributed by atoms with E-state index in [0.29, 0.717) is 6.42 Å². The van der Waals surface area contributed by atoms with Crippen molar-refractivity contribution in [3.05, 3.63) is 95.1 Å². The van der Waals surface area contributed by atoms with Gasteiger partial charge in [0.15, 0.2) is 0 Å². The van der Waals surface area contributed by atoms with Crippen LogP contribution in [-0.4, -0.2) is 25.7 Å². The van der Waals surface area contributed by atoms with Crippen LogP contribution in [0.5, 0.6) is 5.75 Å². The van der Waals surface area contributed by atoms with E-state index >= 15 is 0 Å². The van der Waals surface area contributed by atoms with E-state index in [1.807, 2.05) is 62.4 Å². The Bertz CT molecular complexity index is 1180. The van der Waals surface area contributed by atoms with Crippen LogP contribution in [0.15, 0.2) is 82.8 Å². The molecule has 0 aliphatic carbocycles. The molecule has 0 fully saturated rings. The average molecular weight is 421 g/mol. The molecular formula is C24H24N2O3S. The quantitative estimate of drug-likeness (QED) is 0.593. The summed E-state index contributed by atoms with van der Waals surface area (Å²) in [6.07, 6.45) is 0.501. The Kier molecular flexibility index (Phi) is 5.35. The predicted molar refractivity (Wildman–Crippen MR) is 118 cm³/mol. The number of nitrogens with zero attached hydrogens (tertiary/aromatic N) is 2. The van der Waals surface area contributed by atoms with Gasteiger partial charge in [-0.05, 0) is 49.2 Å². The molecule has 0 unspecified atom stereocenters. The van der Waals surface area contributed by atoms with Gasteiger partial charge >= 0.3 is 0 Å². The lowest BCUT2D eigenvalue weighted by Crippen LogP contribution is -2.27. The van der Waals surface area contributed by atoms with Crippen LogP contribution in [-0.2, 0) is 10.0 Å². The zero-order chi connectivity index (χ0) is 21.3. The summed E-state index contributed by atoms with van der Waals surface area (Å²) in [7, 11) is -2.20. The molecule has 0 amide bonds. The van der Waals surface area contributed by atoms with Crippen LogP contribution >= 0.6 is 0 Å². The normalized spacial score (nSPS) is 16.4. The summed E-state index contributed by atoms with van der Waals surface area (Å²) in [5, 5.41) is 4.60. The van der Waals surface area contributed by atoms with E-state index in [-0.39, 0.29) is 4.90 Å². The van der Waals surface area contributed by atoms with Crippen LogP contribution in [0.1, 0.15) is 34.7 Å². The molecule has 1 aliphatic heterocycles. The Labute approximate surface area is 177 Å². The first-order chi connectivity index (χ1) is 14.4. The fraction of sp³-hybridized carbons (Fsp3) is 0.208. The van der Waals surface area contributed by atoms with Gasteiger partial charge in [0.2, 0.25) is 0 Å². The van der Waals surface area contributed by atoms with Gasteiger partial charge in [0.1, 0.15) is 5.75 Å². The van der Waals surface area contributed by atoms with Gasteiger partial charge in [-0.1, -0.05) is 59.7 Å². The van der Waals surface area contributed by atoms with Crippen molar-refractivity contribution in [2.45, 2.75) is 31.2 Å². The van der Waals surface area contributed by atoms with Gasteiger partial charge < -0.3 is 4.74 Å². The van der Waals surface area contributed by atoms with Gasteiger partial charge in [-0.15, -0.1) is 0 Å². The molecule has 0 radical (unpaired) electrons. The van der Waals surface area contributed by atoms with Gasteiger partial charge in [0, 0.05) is 6.42 Å². The first-order valence-electron chi connectivity index (χ1n) is 9.78. The summed E-state index contributed by atoms with van der Waals surface area (Å²) >= 11 is 0. The molecule has 154 valence electrons. The largest absolute Gasteiger partial charge is 0.497 e. The minimum absolute atomic E-state index is 0.237. The van der Waals surface area contributed by atoms with Crippen LogP contribution in [0, 0.1) is 13.8 Å². The second-order valence-corrected chi connectivity index (χ2v) is 9.30. The van der Waals surface area contributed by atoms with Crippen molar-refractivity contribution in [1.29, 1.82) is 0 Å². The second-order valence-electron chi connectivity index (χ2n) is 7.50. The highest BCUT2D eigenvalue weighted by atomic mass is 32.2. The van der Waals surface area contributed by atoms with E-state index in [9.17, 15) is 8.42 Å². The summed E-state index contributed by atoms with van der Waals surface area (Å²) in [4.78, 5) is 0.237. The number of hydrogen-bond donors (Lipinski definition) is 0. The molecule has 4 rings (SSSR count). The monoisotopic (exact) mass is 420 g/mol. The Morgan fingerprint density at radius 2 is 1.63 bits per heavy atom. The molecule has 5 nitrogen and oxygen atoms in total. The third kappa shape index (κ3) is 3.83. The first-order valence-corrected chi connectivity index (χ1v) is 11.2. The molecule has 6 heteroatoms. The Balaban J connectivity index is 1.79. The number of methoxy groups -OCH3 is 1. The summed E-state index contributed by atoms with van der Waals surface area (Å²) in [5.41, 5.74) is 4.69. The minimum atomic E-state index is -3.80. The number of ether oxygens (including phenoxy) is 1. The van der Waals surface area contributed by atoms with Gasteiger partial charge in [0.05, 0.1) is 23.8 Å². The van der Waals surface area contributed by atoms with Crippen molar-refractivity contribution in [2.75, 3.05) is 7.11 Å². The molecule has 3 aromatic rings. The summed E-state index contributed by atoms with van der Waals surface area (Å²) < 4.78 is 33.5. The molecule has 0 aromatic heterocycles. The topological polar surface area (TPSA) is 59.0 Å². The number of hydrogen-bond acceptors (Lipinski definition) is 4. The predicted octanol–water partition coefficient (Wildman–Crippen LogP) is 4.85. The van der Waals surface area contributed by atoms with Crippen molar-refractivity contribution in [2.24, 2.45) is 5.10 Å². The number of sulfonamides is 1. The van der Waals surface area contributed by atoms with Gasteiger partial charge in [-0.2, -0.15) is 17.9 Å². The van der Waals surface area contributed by atoms with Crippen molar-refractivity contribution in [3.8, 4) is 5.75 Å². The van der Waals surface area contributed by atoms with E-state index in [2.05, 4.69) is 5.10 Å². The van der Waals surface area contributed by atoms with Crippen molar-refractivity contribution in [1.82, 2.24) is 4.41 Å². The lowest BCUT2D eigenvalue weighted by atomic mass is 9.98. The summed E-state index contributed by atoms with van der Waals surface area (Å²) in [6, 6.07) is 21.9. The molecule has 0 saturated carbocycles. The lowest BCUT2D eigenvalue weighted by molar-refractivity contribution is 0.370. The van der Waals surface area contributed by atoms with Gasteiger partial charge in [0.25, 0.3) is 10.0 Å². The number of rotatable bonds is 5.